The van der Waals surface area contributed by atoms with Gasteiger partial charge in [-0.25, -0.2) is 9.98 Å². The van der Waals surface area contributed by atoms with Crippen LogP contribution in [0.5, 0.6) is 0 Å². The molecule has 0 atom stereocenters. The highest BCUT2D eigenvalue weighted by Crippen LogP contribution is 2.23. The lowest BCUT2D eigenvalue weighted by molar-refractivity contribution is -0.136. The molecule has 120 valence electrons. The molecule has 1 saturated heterocycles. The van der Waals surface area contributed by atoms with E-state index >= 15 is 0 Å². The van der Waals surface area contributed by atoms with Crippen molar-refractivity contribution in [2.45, 2.75) is 32.8 Å². The fourth-order valence-electron chi connectivity index (χ4n) is 2.24. The van der Waals surface area contributed by atoms with E-state index in [1.807, 2.05) is 18.7 Å². The Bertz CT molecular complexity index is 556. The van der Waals surface area contributed by atoms with Gasteiger partial charge in [0.25, 0.3) is 0 Å². The number of halogens is 2. The van der Waals surface area contributed by atoms with Gasteiger partial charge < -0.3 is 9.64 Å². The minimum absolute atomic E-state index is 0.0428. The van der Waals surface area contributed by atoms with Crippen LogP contribution in [0, 0.1) is 5.92 Å². The molecule has 1 fully saturated rings. The highest BCUT2D eigenvalue weighted by molar-refractivity contribution is 6.41. The third kappa shape index (κ3) is 4.58. The largest absolute Gasteiger partial charge is 0.480 e. The van der Waals surface area contributed by atoms with Crippen LogP contribution >= 0.6 is 23.2 Å². The summed E-state index contributed by atoms with van der Waals surface area (Å²) in [7, 11) is 0. The third-order valence-electron chi connectivity index (χ3n) is 3.48. The topological polar surface area (TPSA) is 54.8 Å². The molecule has 2 rings (SSSR count). The Morgan fingerprint density at radius 2 is 2.14 bits per heavy atom. The smallest absolute Gasteiger partial charge is 0.225 e. The number of amides is 1. The molecule has 22 heavy (non-hydrogen) atoms. The van der Waals surface area contributed by atoms with Crippen LogP contribution in [0.2, 0.25) is 10.2 Å². The maximum Gasteiger partial charge on any atom is 0.225 e. The second kappa shape index (κ2) is 7.79. The molecule has 0 aliphatic carbocycles. The second-order valence-corrected chi connectivity index (χ2v) is 6.28. The number of carbonyl (C=O) groups excluding carboxylic acids is 1. The third-order valence-corrected chi connectivity index (χ3v) is 4.17. The van der Waals surface area contributed by atoms with Crippen LogP contribution in [-0.4, -0.2) is 41.4 Å². The van der Waals surface area contributed by atoms with Gasteiger partial charge in [-0.3, -0.25) is 4.79 Å². The highest BCUT2D eigenvalue weighted by atomic mass is 35.5. The highest BCUT2D eigenvalue weighted by Gasteiger charge is 2.24. The van der Waals surface area contributed by atoms with Crippen LogP contribution in [0.15, 0.2) is 17.3 Å². The lowest BCUT2D eigenvalue weighted by Crippen LogP contribution is -2.42. The number of nitrogens with zero attached hydrogens (tertiary/aromatic N) is 3. The van der Waals surface area contributed by atoms with E-state index in [1.54, 1.807) is 6.07 Å². The normalized spacial score (nSPS) is 16.5. The summed E-state index contributed by atoms with van der Waals surface area (Å²) in [5.41, 5.74) is 0.585. The van der Waals surface area contributed by atoms with Crippen molar-refractivity contribution < 1.29 is 9.53 Å². The van der Waals surface area contributed by atoms with E-state index < -0.39 is 0 Å². The summed E-state index contributed by atoms with van der Waals surface area (Å²) < 4.78 is 5.61. The van der Waals surface area contributed by atoms with Gasteiger partial charge in [-0.1, -0.05) is 37.0 Å². The number of carbonyl (C=O) groups is 1. The lowest BCUT2D eigenvalue weighted by Gasteiger charge is -2.32. The lowest BCUT2D eigenvalue weighted by atomic mass is 10.1. The molecule has 2 heterocycles. The van der Waals surface area contributed by atoms with Gasteiger partial charge in [-0.15, -0.1) is 0 Å². The Morgan fingerprint density at radius 3 is 2.73 bits per heavy atom. The summed E-state index contributed by atoms with van der Waals surface area (Å²) >= 11 is 11.6. The van der Waals surface area contributed by atoms with Gasteiger partial charge in [0.1, 0.15) is 11.3 Å². The Morgan fingerprint density at radius 1 is 1.45 bits per heavy atom. The quantitative estimate of drug-likeness (QED) is 0.475. The zero-order valence-corrected chi connectivity index (χ0v) is 14.1. The number of hydrogen-bond acceptors (Lipinski definition) is 4. The summed E-state index contributed by atoms with van der Waals surface area (Å²) in [6, 6.07) is 1.63. The molecule has 0 spiro atoms. The SMILES string of the molecule is CC(C)C(=O)N1CCC(OC=Nc2cnc(Cl)c(Cl)c2)CC1. The molecule has 0 bridgehead atoms. The van der Waals surface area contributed by atoms with Gasteiger partial charge in [0, 0.05) is 31.8 Å². The summed E-state index contributed by atoms with van der Waals surface area (Å²) in [6.07, 6.45) is 4.63. The predicted molar refractivity (Wildman–Crippen MR) is 87.9 cm³/mol. The molecule has 5 nitrogen and oxygen atoms in total. The van der Waals surface area contributed by atoms with Crippen molar-refractivity contribution in [2.24, 2.45) is 10.9 Å². The summed E-state index contributed by atoms with van der Waals surface area (Å²) in [6.45, 7) is 5.29. The minimum atomic E-state index is 0.0428. The zero-order chi connectivity index (χ0) is 16.1. The molecule has 0 N–H and O–H groups in total. The molecular weight excluding hydrogens is 325 g/mol. The number of rotatable bonds is 4. The van der Waals surface area contributed by atoms with Crippen LogP contribution < -0.4 is 0 Å². The Kier molecular flexibility index (Phi) is 6.03. The fraction of sp³-hybridized carbons (Fsp3) is 0.533. The van der Waals surface area contributed by atoms with Crippen LogP contribution in [0.25, 0.3) is 0 Å². The van der Waals surface area contributed by atoms with Crippen molar-refractivity contribution in [3.63, 3.8) is 0 Å². The first-order chi connectivity index (χ1) is 10.5. The van der Waals surface area contributed by atoms with Crippen molar-refractivity contribution in [3.05, 3.63) is 22.4 Å². The van der Waals surface area contributed by atoms with Crippen LogP contribution in [0.1, 0.15) is 26.7 Å². The van der Waals surface area contributed by atoms with Gasteiger partial charge in [-0.05, 0) is 6.07 Å². The molecule has 0 aromatic carbocycles. The molecule has 1 amide bonds. The van der Waals surface area contributed by atoms with Gasteiger partial charge in [0.2, 0.25) is 5.91 Å². The maximum atomic E-state index is 11.9. The monoisotopic (exact) mass is 343 g/mol. The van der Waals surface area contributed by atoms with Crippen molar-refractivity contribution in [3.8, 4) is 0 Å². The summed E-state index contributed by atoms with van der Waals surface area (Å²) in [5.74, 6) is 0.246. The van der Waals surface area contributed by atoms with E-state index in [1.165, 1.54) is 12.6 Å². The number of piperidine rings is 1. The molecule has 1 aliphatic heterocycles. The molecule has 0 radical (unpaired) electrons. The van der Waals surface area contributed by atoms with Gasteiger partial charge in [-0.2, -0.15) is 0 Å². The molecule has 0 unspecified atom stereocenters. The molecule has 0 saturated carbocycles. The first kappa shape index (κ1) is 17.0. The maximum absolute atomic E-state index is 11.9. The van der Waals surface area contributed by atoms with Crippen molar-refractivity contribution in [2.75, 3.05) is 13.1 Å². The second-order valence-electron chi connectivity index (χ2n) is 5.52. The van der Waals surface area contributed by atoms with E-state index in [0.29, 0.717) is 10.7 Å². The van der Waals surface area contributed by atoms with E-state index in [4.69, 9.17) is 27.9 Å². The summed E-state index contributed by atoms with van der Waals surface area (Å²) in [5, 5.41) is 0.612. The number of hydrogen-bond donors (Lipinski definition) is 0. The van der Waals surface area contributed by atoms with Crippen LogP contribution in [0.4, 0.5) is 5.69 Å². The van der Waals surface area contributed by atoms with Crippen molar-refractivity contribution >= 4 is 41.2 Å². The first-order valence-corrected chi connectivity index (χ1v) is 8.00. The molecule has 1 aromatic rings. The number of likely N-dealkylation sites (tertiary alicyclic amines) is 1. The average molecular weight is 344 g/mol. The fourth-order valence-corrected chi connectivity index (χ4v) is 2.50. The zero-order valence-electron chi connectivity index (χ0n) is 12.6. The Balaban J connectivity index is 1.80. The van der Waals surface area contributed by atoms with E-state index in [9.17, 15) is 4.79 Å². The number of aromatic nitrogens is 1. The van der Waals surface area contributed by atoms with Gasteiger partial charge >= 0.3 is 0 Å². The van der Waals surface area contributed by atoms with Gasteiger partial charge in [0.15, 0.2) is 6.40 Å². The van der Waals surface area contributed by atoms with E-state index in [2.05, 4.69) is 9.98 Å². The Labute approximate surface area is 140 Å². The van der Waals surface area contributed by atoms with Crippen molar-refractivity contribution in [1.29, 1.82) is 0 Å². The van der Waals surface area contributed by atoms with E-state index in [0.717, 1.165) is 25.9 Å². The van der Waals surface area contributed by atoms with Gasteiger partial charge in [0.05, 0.1) is 16.9 Å². The average Bonchev–Trinajstić information content (AvgIpc) is 2.51. The van der Waals surface area contributed by atoms with E-state index in [-0.39, 0.29) is 23.1 Å². The standard InChI is InChI=1S/C15H19Cl2N3O2/c1-10(2)15(21)20-5-3-12(4-6-20)22-9-19-11-7-13(16)14(17)18-8-11/h7-10,12H,3-6H2,1-2H3. The van der Waals surface area contributed by atoms with Crippen LogP contribution in [0.3, 0.4) is 0 Å². The first-order valence-electron chi connectivity index (χ1n) is 7.25. The van der Waals surface area contributed by atoms with Crippen LogP contribution in [-0.2, 0) is 9.53 Å². The number of ether oxygens (including phenoxy) is 1. The Hall–Kier alpha value is -1.33. The summed E-state index contributed by atoms with van der Waals surface area (Å²) in [4.78, 5) is 21.8. The number of aliphatic imine (C=N–C) groups is 1. The molecular formula is C15H19Cl2N3O2. The van der Waals surface area contributed by atoms with Crippen molar-refractivity contribution in [1.82, 2.24) is 9.88 Å². The predicted octanol–water partition coefficient (Wildman–Crippen LogP) is 3.71. The molecule has 7 heteroatoms. The minimum Gasteiger partial charge on any atom is -0.480 e. The number of pyridine rings is 1. The molecule has 1 aliphatic rings. The molecule has 1 aromatic heterocycles.